The number of rotatable bonds is 8. The third kappa shape index (κ3) is 6.35. The van der Waals surface area contributed by atoms with E-state index in [1.165, 1.54) is 0 Å². The van der Waals surface area contributed by atoms with E-state index in [1.807, 2.05) is 23.1 Å². The third-order valence-corrected chi connectivity index (χ3v) is 3.97. The van der Waals surface area contributed by atoms with Crippen molar-refractivity contribution >= 4 is 43.5 Å². The Balaban J connectivity index is 2.55. The average molecular weight is 408 g/mol. The lowest BCUT2D eigenvalue weighted by Gasteiger charge is -2.20. The molecule has 112 valence electrons. The van der Waals surface area contributed by atoms with Crippen molar-refractivity contribution in [3.05, 3.63) is 27.1 Å². The fraction of sp³-hybridized carbons (Fsp3) is 0.500. The minimum atomic E-state index is -0.0717. The zero-order valence-corrected chi connectivity index (χ0v) is 14.7. The maximum absolute atomic E-state index is 12.0. The molecule has 2 N–H and O–H groups in total. The van der Waals surface area contributed by atoms with Crippen molar-refractivity contribution in [3.63, 3.8) is 0 Å². The van der Waals surface area contributed by atoms with Crippen molar-refractivity contribution in [3.8, 4) is 0 Å². The molecule has 0 saturated heterocycles. The van der Waals surface area contributed by atoms with E-state index < -0.39 is 0 Å². The number of carbonyl (C=O) groups is 1. The van der Waals surface area contributed by atoms with E-state index in [4.69, 9.17) is 5.11 Å². The minimum Gasteiger partial charge on any atom is -0.395 e. The molecule has 0 atom stereocenters. The minimum absolute atomic E-state index is 0.0684. The van der Waals surface area contributed by atoms with E-state index >= 15 is 0 Å². The maximum Gasteiger partial charge on any atom is 0.238 e. The molecule has 0 bridgehead atoms. The molecule has 1 rings (SSSR count). The first-order chi connectivity index (χ1) is 9.56. The van der Waals surface area contributed by atoms with Gasteiger partial charge in [-0.05, 0) is 47.1 Å². The Hall–Kier alpha value is -0.430. The fourth-order valence-corrected chi connectivity index (χ4v) is 2.92. The molecule has 1 amide bonds. The summed E-state index contributed by atoms with van der Waals surface area (Å²) >= 11 is 6.79. The molecule has 0 aliphatic carbocycles. The van der Waals surface area contributed by atoms with Crippen LogP contribution < -0.4 is 5.32 Å². The highest BCUT2D eigenvalue weighted by atomic mass is 79.9. The number of aliphatic hydroxyl groups is 1. The quantitative estimate of drug-likeness (QED) is 0.695. The van der Waals surface area contributed by atoms with Crippen LogP contribution in [0, 0.1) is 0 Å². The van der Waals surface area contributed by atoms with Crippen molar-refractivity contribution in [2.45, 2.75) is 19.8 Å². The van der Waals surface area contributed by atoms with E-state index in [9.17, 15) is 4.79 Å². The van der Waals surface area contributed by atoms with Crippen LogP contribution in [0.25, 0.3) is 0 Å². The normalized spacial score (nSPS) is 10.8. The second-order valence-electron chi connectivity index (χ2n) is 4.53. The molecule has 0 aromatic heterocycles. The molecule has 1 aromatic carbocycles. The van der Waals surface area contributed by atoms with E-state index in [0.29, 0.717) is 13.1 Å². The van der Waals surface area contributed by atoms with Crippen LogP contribution in [-0.2, 0) is 4.79 Å². The first-order valence-corrected chi connectivity index (χ1v) is 8.23. The molecule has 6 heteroatoms. The van der Waals surface area contributed by atoms with E-state index in [1.54, 1.807) is 0 Å². The van der Waals surface area contributed by atoms with Crippen molar-refractivity contribution in [1.29, 1.82) is 0 Å². The largest absolute Gasteiger partial charge is 0.395 e. The van der Waals surface area contributed by atoms with Crippen LogP contribution in [0.3, 0.4) is 0 Å². The van der Waals surface area contributed by atoms with Gasteiger partial charge in [0.2, 0.25) is 5.91 Å². The molecule has 4 nitrogen and oxygen atoms in total. The van der Waals surface area contributed by atoms with Gasteiger partial charge in [-0.15, -0.1) is 0 Å². The molecule has 0 aliphatic rings. The summed E-state index contributed by atoms with van der Waals surface area (Å²) in [7, 11) is 0. The van der Waals surface area contributed by atoms with Crippen LogP contribution in [0.2, 0.25) is 0 Å². The van der Waals surface area contributed by atoms with Crippen molar-refractivity contribution in [2.75, 3.05) is 31.6 Å². The lowest BCUT2D eigenvalue weighted by atomic mass is 10.3. The Bertz CT molecular complexity index is 441. The van der Waals surface area contributed by atoms with Crippen molar-refractivity contribution in [2.24, 2.45) is 0 Å². The highest BCUT2D eigenvalue weighted by Gasteiger charge is 2.11. The predicted octanol–water partition coefficient (Wildman–Crippen LogP) is 3.24. The number of nitrogens with zero attached hydrogens (tertiary/aromatic N) is 1. The Labute approximate surface area is 136 Å². The third-order valence-electron chi connectivity index (χ3n) is 2.82. The van der Waals surface area contributed by atoms with Crippen molar-refractivity contribution < 1.29 is 9.90 Å². The van der Waals surface area contributed by atoms with Crippen LogP contribution >= 0.6 is 31.9 Å². The van der Waals surface area contributed by atoms with E-state index in [-0.39, 0.29) is 12.5 Å². The monoisotopic (exact) mass is 406 g/mol. The molecular formula is C14H20Br2N2O2. The highest BCUT2D eigenvalue weighted by molar-refractivity contribution is 9.11. The maximum atomic E-state index is 12.0. The highest BCUT2D eigenvalue weighted by Crippen LogP contribution is 2.26. The van der Waals surface area contributed by atoms with Gasteiger partial charge >= 0.3 is 0 Å². The number of unbranched alkanes of at least 4 members (excludes halogenated alkanes) is 1. The number of halogens is 2. The summed E-state index contributed by atoms with van der Waals surface area (Å²) in [4.78, 5) is 14.0. The lowest BCUT2D eigenvalue weighted by Crippen LogP contribution is -2.36. The molecule has 0 fully saturated rings. The Kier molecular flexibility index (Phi) is 8.37. The van der Waals surface area contributed by atoms with Gasteiger partial charge in [0, 0.05) is 15.5 Å². The predicted molar refractivity (Wildman–Crippen MR) is 88.9 cm³/mol. The number of nitrogens with one attached hydrogen (secondary N) is 1. The van der Waals surface area contributed by atoms with Gasteiger partial charge in [0.05, 0.1) is 18.8 Å². The van der Waals surface area contributed by atoms with Crippen LogP contribution in [-0.4, -0.2) is 42.2 Å². The summed E-state index contributed by atoms with van der Waals surface area (Å²) in [6.07, 6.45) is 2.09. The molecule has 0 heterocycles. The summed E-state index contributed by atoms with van der Waals surface area (Å²) in [5, 5.41) is 11.9. The van der Waals surface area contributed by atoms with Crippen molar-refractivity contribution in [1.82, 2.24) is 4.90 Å². The number of amides is 1. The second-order valence-corrected chi connectivity index (χ2v) is 6.30. The van der Waals surface area contributed by atoms with Crippen LogP contribution in [0.4, 0.5) is 5.69 Å². The molecule has 1 aromatic rings. The topological polar surface area (TPSA) is 52.6 Å². The first kappa shape index (κ1) is 17.6. The summed E-state index contributed by atoms with van der Waals surface area (Å²) in [5.74, 6) is -0.0717. The van der Waals surface area contributed by atoms with Crippen LogP contribution in [0.5, 0.6) is 0 Å². The van der Waals surface area contributed by atoms with Gasteiger partial charge in [0.1, 0.15) is 0 Å². The number of benzene rings is 1. The number of hydrogen-bond acceptors (Lipinski definition) is 3. The fourth-order valence-electron chi connectivity index (χ4n) is 1.78. The van der Waals surface area contributed by atoms with Gasteiger partial charge in [-0.2, -0.15) is 0 Å². The molecule has 0 spiro atoms. The second kappa shape index (κ2) is 9.50. The van der Waals surface area contributed by atoms with E-state index in [0.717, 1.165) is 34.0 Å². The standard InChI is InChI=1S/C14H20Br2N2O2/c1-2-3-6-18(7-8-19)10-14(20)17-13-5-4-11(15)9-12(13)16/h4-5,9,19H,2-3,6-8,10H2,1H3,(H,17,20). The Morgan fingerprint density at radius 2 is 2.10 bits per heavy atom. The van der Waals surface area contributed by atoms with E-state index in [2.05, 4.69) is 44.1 Å². The van der Waals surface area contributed by atoms with Gasteiger partial charge < -0.3 is 10.4 Å². The molecule has 0 aliphatic heterocycles. The number of aliphatic hydroxyl groups excluding tert-OH is 1. The van der Waals surface area contributed by atoms with Gasteiger partial charge in [0.25, 0.3) is 0 Å². The smallest absolute Gasteiger partial charge is 0.238 e. The zero-order chi connectivity index (χ0) is 15.0. The summed E-state index contributed by atoms with van der Waals surface area (Å²) in [6.45, 7) is 3.82. The zero-order valence-electron chi connectivity index (χ0n) is 11.5. The molecule has 0 radical (unpaired) electrons. The van der Waals surface area contributed by atoms with Gasteiger partial charge in [-0.25, -0.2) is 0 Å². The number of carbonyl (C=O) groups excluding carboxylic acids is 1. The molecular weight excluding hydrogens is 388 g/mol. The van der Waals surface area contributed by atoms with Crippen LogP contribution in [0.1, 0.15) is 19.8 Å². The molecule has 20 heavy (non-hydrogen) atoms. The average Bonchev–Trinajstić information content (AvgIpc) is 2.39. The summed E-state index contributed by atoms with van der Waals surface area (Å²) < 4.78 is 1.79. The van der Waals surface area contributed by atoms with Crippen LogP contribution in [0.15, 0.2) is 27.1 Å². The number of anilines is 1. The lowest BCUT2D eigenvalue weighted by molar-refractivity contribution is -0.117. The molecule has 0 unspecified atom stereocenters. The first-order valence-electron chi connectivity index (χ1n) is 6.65. The number of hydrogen-bond donors (Lipinski definition) is 2. The van der Waals surface area contributed by atoms with Gasteiger partial charge in [-0.1, -0.05) is 29.3 Å². The Morgan fingerprint density at radius 3 is 2.70 bits per heavy atom. The summed E-state index contributed by atoms with van der Waals surface area (Å²) in [6, 6.07) is 5.61. The SMILES string of the molecule is CCCCN(CCO)CC(=O)Nc1ccc(Br)cc1Br. The van der Waals surface area contributed by atoms with Gasteiger partial charge in [0.15, 0.2) is 0 Å². The summed E-state index contributed by atoms with van der Waals surface area (Å²) in [5.41, 5.74) is 0.748. The Morgan fingerprint density at radius 1 is 1.35 bits per heavy atom. The molecule has 0 saturated carbocycles. The van der Waals surface area contributed by atoms with Gasteiger partial charge in [-0.3, -0.25) is 9.69 Å².